The van der Waals surface area contributed by atoms with Crippen LogP contribution in [0.5, 0.6) is 5.75 Å². The molecular weight excluding hydrogens is 352 g/mol. The second kappa shape index (κ2) is 7.66. The zero-order chi connectivity index (χ0) is 19.7. The minimum atomic E-state index is -0.686. The van der Waals surface area contributed by atoms with Gasteiger partial charge in [0, 0.05) is 19.5 Å². The molecule has 0 radical (unpaired) electrons. The number of aryl methyl sites for hydroxylation is 2. The maximum atomic E-state index is 11.1. The summed E-state index contributed by atoms with van der Waals surface area (Å²) >= 11 is 0. The maximum absolute atomic E-state index is 11.1. The van der Waals surface area contributed by atoms with Crippen molar-refractivity contribution in [3.05, 3.63) is 59.4 Å². The summed E-state index contributed by atoms with van der Waals surface area (Å²) in [5, 5.41) is 9.13. The van der Waals surface area contributed by atoms with Gasteiger partial charge in [0.1, 0.15) is 11.6 Å². The fourth-order valence-electron chi connectivity index (χ4n) is 4.06. The molecule has 3 aromatic rings. The van der Waals surface area contributed by atoms with E-state index in [9.17, 15) is 4.79 Å². The molecule has 0 unspecified atom stereocenters. The van der Waals surface area contributed by atoms with E-state index in [0.29, 0.717) is 12.8 Å². The van der Waals surface area contributed by atoms with Crippen LogP contribution in [0.25, 0.3) is 11.0 Å². The molecule has 4 rings (SSSR count). The fourth-order valence-corrected chi connectivity index (χ4v) is 4.06. The summed E-state index contributed by atoms with van der Waals surface area (Å²) in [7, 11) is 2.05. The zero-order valence-electron chi connectivity index (χ0n) is 16.4. The molecule has 146 valence electrons. The van der Waals surface area contributed by atoms with Gasteiger partial charge >= 0.3 is 5.97 Å². The number of ether oxygens (including phenoxy) is 1. The molecule has 1 aromatic heterocycles. The summed E-state index contributed by atoms with van der Waals surface area (Å²) in [5.74, 6) is 0.937. The van der Waals surface area contributed by atoms with Gasteiger partial charge in [-0.15, -0.1) is 0 Å². The van der Waals surface area contributed by atoms with Crippen LogP contribution in [-0.4, -0.2) is 26.7 Å². The second-order valence-electron chi connectivity index (χ2n) is 7.77. The minimum Gasteiger partial charge on any atom is -0.490 e. The lowest BCUT2D eigenvalue weighted by molar-refractivity contribution is -0.143. The Kier molecular flexibility index (Phi) is 5.07. The van der Waals surface area contributed by atoms with E-state index in [1.807, 2.05) is 12.1 Å². The van der Waals surface area contributed by atoms with Gasteiger partial charge in [0.15, 0.2) is 0 Å². The molecule has 0 amide bonds. The molecule has 1 aliphatic rings. The minimum absolute atomic E-state index is 0.0863. The molecule has 0 spiro atoms. The highest BCUT2D eigenvalue weighted by Gasteiger charge is 2.27. The fraction of sp³-hybridized carbons (Fsp3) is 0.391. The Labute approximate surface area is 165 Å². The highest BCUT2D eigenvalue weighted by Crippen LogP contribution is 2.29. The molecule has 2 aromatic carbocycles. The molecule has 1 saturated carbocycles. The van der Waals surface area contributed by atoms with E-state index in [2.05, 4.69) is 48.9 Å². The van der Waals surface area contributed by atoms with Crippen molar-refractivity contribution in [2.75, 3.05) is 0 Å². The zero-order valence-corrected chi connectivity index (χ0v) is 16.4. The first-order chi connectivity index (χ1) is 13.5. The predicted molar refractivity (Wildman–Crippen MR) is 109 cm³/mol. The number of rotatable bonds is 5. The van der Waals surface area contributed by atoms with Crippen LogP contribution < -0.4 is 4.74 Å². The van der Waals surface area contributed by atoms with E-state index < -0.39 is 5.97 Å². The number of hydrogen-bond acceptors (Lipinski definition) is 3. The van der Waals surface area contributed by atoms with Crippen LogP contribution in [0.4, 0.5) is 0 Å². The summed E-state index contributed by atoms with van der Waals surface area (Å²) in [6, 6.07) is 14.4. The third kappa shape index (κ3) is 3.75. The Morgan fingerprint density at radius 2 is 1.93 bits per heavy atom. The molecule has 5 nitrogen and oxygen atoms in total. The van der Waals surface area contributed by atoms with Gasteiger partial charge in [-0.25, -0.2) is 4.98 Å². The van der Waals surface area contributed by atoms with Crippen LogP contribution in [0.1, 0.15) is 42.6 Å². The van der Waals surface area contributed by atoms with Crippen LogP contribution in [-0.2, 0) is 18.3 Å². The number of carbonyl (C=O) groups is 1. The van der Waals surface area contributed by atoms with Crippen LogP contribution in [0, 0.1) is 12.8 Å². The molecule has 0 saturated heterocycles. The molecule has 1 heterocycles. The number of carboxylic acids is 1. The summed E-state index contributed by atoms with van der Waals surface area (Å²) < 4.78 is 8.28. The number of carboxylic acid groups (broad SMARTS) is 1. The van der Waals surface area contributed by atoms with E-state index in [1.54, 1.807) is 0 Å². The topological polar surface area (TPSA) is 64.3 Å². The molecule has 1 fully saturated rings. The molecule has 0 aliphatic heterocycles. The van der Waals surface area contributed by atoms with Gasteiger partial charge in [-0.05, 0) is 55.9 Å². The van der Waals surface area contributed by atoms with E-state index in [0.717, 1.165) is 41.9 Å². The Hall–Kier alpha value is -2.82. The van der Waals surface area contributed by atoms with Crippen LogP contribution in [0.3, 0.4) is 0 Å². The average molecular weight is 378 g/mol. The molecule has 5 heteroatoms. The van der Waals surface area contributed by atoms with Gasteiger partial charge in [-0.1, -0.05) is 24.3 Å². The van der Waals surface area contributed by atoms with Crippen molar-refractivity contribution in [1.29, 1.82) is 0 Å². The highest BCUT2D eigenvalue weighted by atomic mass is 16.5. The van der Waals surface area contributed by atoms with E-state index in [1.165, 1.54) is 11.1 Å². The van der Waals surface area contributed by atoms with E-state index >= 15 is 0 Å². The Balaban J connectivity index is 1.50. The Morgan fingerprint density at radius 1 is 1.18 bits per heavy atom. The summed E-state index contributed by atoms with van der Waals surface area (Å²) in [4.78, 5) is 15.9. The SMILES string of the molecule is Cc1ccccc1Cc1nc2cc(OC3CCC(C(=O)O)CC3)ccc2n1C. The first-order valence-corrected chi connectivity index (χ1v) is 9.90. The summed E-state index contributed by atoms with van der Waals surface area (Å²) in [6.45, 7) is 2.13. The molecule has 0 bridgehead atoms. The van der Waals surface area contributed by atoms with Gasteiger partial charge in [-0.2, -0.15) is 0 Å². The van der Waals surface area contributed by atoms with Crippen LogP contribution >= 0.6 is 0 Å². The summed E-state index contributed by atoms with van der Waals surface area (Å²) in [5.41, 5.74) is 4.58. The van der Waals surface area contributed by atoms with Crippen molar-refractivity contribution >= 4 is 17.0 Å². The highest BCUT2D eigenvalue weighted by molar-refractivity contribution is 5.77. The third-order valence-corrected chi connectivity index (χ3v) is 5.88. The van der Waals surface area contributed by atoms with Crippen LogP contribution in [0.15, 0.2) is 42.5 Å². The van der Waals surface area contributed by atoms with Gasteiger partial charge in [0.25, 0.3) is 0 Å². The maximum Gasteiger partial charge on any atom is 0.306 e. The molecule has 28 heavy (non-hydrogen) atoms. The smallest absolute Gasteiger partial charge is 0.306 e. The van der Waals surface area contributed by atoms with E-state index in [-0.39, 0.29) is 12.0 Å². The lowest BCUT2D eigenvalue weighted by atomic mass is 9.87. The Bertz CT molecular complexity index is 1000. The molecule has 0 atom stereocenters. The predicted octanol–water partition coefficient (Wildman–Crippen LogP) is 4.49. The molecular formula is C23H26N2O3. The number of aromatic nitrogens is 2. The van der Waals surface area contributed by atoms with E-state index in [4.69, 9.17) is 14.8 Å². The first-order valence-electron chi connectivity index (χ1n) is 9.90. The van der Waals surface area contributed by atoms with Crippen molar-refractivity contribution in [3.8, 4) is 5.75 Å². The van der Waals surface area contributed by atoms with Gasteiger partial charge in [0.2, 0.25) is 0 Å². The Morgan fingerprint density at radius 3 is 2.64 bits per heavy atom. The molecule has 1 N–H and O–H groups in total. The number of imidazole rings is 1. The van der Waals surface area contributed by atoms with Crippen molar-refractivity contribution in [3.63, 3.8) is 0 Å². The van der Waals surface area contributed by atoms with Crippen molar-refractivity contribution in [1.82, 2.24) is 9.55 Å². The quantitative estimate of drug-likeness (QED) is 0.710. The van der Waals surface area contributed by atoms with Gasteiger partial charge < -0.3 is 14.4 Å². The van der Waals surface area contributed by atoms with Gasteiger partial charge in [0.05, 0.1) is 23.1 Å². The van der Waals surface area contributed by atoms with Crippen molar-refractivity contribution in [2.45, 2.75) is 45.1 Å². The monoisotopic (exact) mass is 378 g/mol. The lowest BCUT2D eigenvalue weighted by Crippen LogP contribution is -2.27. The van der Waals surface area contributed by atoms with Crippen molar-refractivity contribution in [2.24, 2.45) is 13.0 Å². The lowest BCUT2D eigenvalue weighted by Gasteiger charge is -2.26. The number of fused-ring (bicyclic) bond motifs is 1. The number of benzene rings is 2. The largest absolute Gasteiger partial charge is 0.490 e. The van der Waals surface area contributed by atoms with Crippen LogP contribution in [0.2, 0.25) is 0 Å². The standard InChI is InChI=1S/C23H26N2O3/c1-15-5-3-4-6-17(15)13-22-24-20-14-19(11-12-21(20)25(22)2)28-18-9-7-16(8-10-18)23(26)27/h3-6,11-12,14,16,18H,7-10,13H2,1-2H3,(H,26,27). The number of hydrogen-bond donors (Lipinski definition) is 1. The second-order valence-corrected chi connectivity index (χ2v) is 7.77. The average Bonchev–Trinajstić information content (AvgIpc) is 2.99. The third-order valence-electron chi connectivity index (χ3n) is 5.88. The molecule has 1 aliphatic carbocycles. The summed E-state index contributed by atoms with van der Waals surface area (Å²) in [6.07, 6.45) is 3.83. The van der Waals surface area contributed by atoms with Crippen molar-refractivity contribution < 1.29 is 14.6 Å². The first kappa shape index (κ1) is 18.5. The number of aliphatic carboxylic acids is 1. The number of nitrogens with zero attached hydrogens (tertiary/aromatic N) is 2. The van der Waals surface area contributed by atoms with Gasteiger partial charge in [-0.3, -0.25) is 4.79 Å². The normalized spacial score (nSPS) is 19.6.